The summed E-state index contributed by atoms with van der Waals surface area (Å²) in [6.45, 7) is 5.87. The predicted molar refractivity (Wildman–Crippen MR) is 50.2 cm³/mol. The van der Waals surface area contributed by atoms with Crippen molar-refractivity contribution in [3.63, 3.8) is 0 Å². The predicted octanol–water partition coefficient (Wildman–Crippen LogP) is 1.12. The lowest BCUT2D eigenvalue weighted by Gasteiger charge is -2.22. The van der Waals surface area contributed by atoms with Crippen molar-refractivity contribution in [2.45, 2.75) is 33.3 Å². The third kappa shape index (κ3) is 5.47. The number of hydrogen-bond acceptors (Lipinski definition) is 3. The molecule has 0 saturated heterocycles. The fraction of sp³-hybridized carbons (Fsp3) is 0.889. The van der Waals surface area contributed by atoms with E-state index in [9.17, 15) is 4.79 Å². The largest absolute Gasteiger partial charge is 0.446 e. The molecule has 3 N–H and O–H groups in total. The molecular weight excluding hydrogens is 170 g/mol. The van der Waals surface area contributed by atoms with Crippen LogP contribution in [0.2, 0.25) is 0 Å². The summed E-state index contributed by atoms with van der Waals surface area (Å²) in [5, 5.41) is 9.03. The Balaban J connectivity index is 3.98. The van der Waals surface area contributed by atoms with Gasteiger partial charge in [0.05, 0.1) is 0 Å². The van der Waals surface area contributed by atoms with Crippen LogP contribution >= 0.6 is 0 Å². The molecule has 0 radical (unpaired) electrons. The quantitative estimate of drug-likeness (QED) is 0.680. The van der Waals surface area contributed by atoms with Crippen molar-refractivity contribution < 1.29 is 14.6 Å². The van der Waals surface area contributed by atoms with Crippen LogP contribution in [-0.2, 0) is 4.74 Å². The Morgan fingerprint density at radius 1 is 1.46 bits per heavy atom. The van der Waals surface area contributed by atoms with Gasteiger partial charge in [-0.15, -0.1) is 0 Å². The van der Waals surface area contributed by atoms with E-state index in [1.54, 1.807) is 6.92 Å². The van der Waals surface area contributed by atoms with Crippen molar-refractivity contribution in [2.24, 2.45) is 17.6 Å². The van der Waals surface area contributed by atoms with Gasteiger partial charge in [0.25, 0.3) is 0 Å². The third-order valence-electron chi connectivity index (χ3n) is 1.97. The first-order valence-electron chi connectivity index (χ1n) is 4.54. The van der Waals surface area contributed by atoms with Crippen molar-refractivity contribution in [2.75, 3.05) is 6.61 Å². The highest BCUT2D eigenvalue weighted by Crippen LogP contribution is 2.17. The molecule has 0 spiro atoms. The normalized spacial score (nSPS) is 15.5. The van der Waals surface area contributed by atoms with Crippen LogP contribution < -0.4 is 5.73 Å². The van der Waals surface area contributed by atoms with Gasteiger partial charge in [-0.3, -0.25) is 0 Å². The van der Waals surface area contributed by atoms with Crippen LogP contribution in [0, 0.1) is 11.8 Å². The van der Waals surface area contributed by atoms with E-state index in [1.807, 2.05) is 0 Å². The zero-order valence-corrected chi connectivity index (χ0v) is 8.49. The van der Waals surface area contributed by atoms with Gasteiger partial charge in [0.2, 0.25) is 0 Å². The second-order valence-corrected chi connectivity index (χ2v) is 3.71. The molecule has 13 heavy (non-hydrogen) atoms. The number of carbonyl (C=O) groups is 1. The van der Waals surface area contributed by atoms with E-state index >= 15 is 0 Å². The summed E-state index contributed by atoms with van der Waals surface area (Å²) in [6, 6.07) is 0. The van der Waals surface area contributed by atoms with Crippen LogP contribution in [-0.4, -0.2) is 23.9 Å². The molecule has 0 aliphatic heterocycles. The van der Waals surface area contributed by atoms with Gasteiger partial charge in [-0.05, 0) is 19.3 Å². The molecule has 0 rings (SSSR count). The Labute approximate surface area is 79.1 Å². The van der Waals surface area contributed by atoms with Gasteiger partial charge in [-0.1, -0.05) is 13.8 Å². The maximum absolute atomic E-state index is 10.4. The fourth-order valence-corrected chi connectivity index (χ4v) is 1.30. The SMILES string of the molecule is CC(C)CC(CO)C(C)OC(N)=O. The minimum Gasteiger partial charge on any atom is -0.446 e. The fourth-order valence-electron chi connectivity index (χ4n) is 1.30. The average Bonchev–Trinajstić information content (AvgIpc) is 1.98. The van der Waals surface area contributed by atoms with Crippen molar-refractivity contribution in [1.82, 2.24) is 0 Å². The number of carbonyl (C=O) groups excluding carboxylic acids is 1. The molecule has 2 atom stereocenters. The van der Waals surface area contributed by atoms with Crippen molar-refractivity contribution >= 4 is 6.09 Å². The Morgan fingerprint density at radius 3 is 2.31 bits per heavy atom. The van der Waals surface area contributed by atoms with E-state index in [2.05, 4.69) is 13.8 Å². The van der Waals surface area contributed by atoms with Gasteiger partial charge in [0.1, 0.15) is 6.10 Å². The number of primary amides is 1. The van der Waals surface area contributed by atoms with Crippen LogP contribution in [0.25, 0.3) is 0 Å². The van der Waals surface area contributed by atoms with E-state index in [-0.39, 0.29) is 18.6 Å². The maximum atomic E-state index is 10.4. The topological polar surface area (TPSA) is 72.6 Å². The van der Waals surface area contributed by atoms with Gasteiger partial charge < -0.3 is 15.6 Å². The summed E-state index contributed by atoms with van der Waals surface area (Å²) in [4.78, 5) is 10.4. The first-order chi connectivity index (χ1) is 5.97. The molecule has 4 nitrogen and oxygen atoms in total. The molecule has 0 bridgehead atoms. The molecule has 0 aliphatic rings. The van der Waals surface area contributed by atoms with Gasteiger partial charge in [0.15, 0.2) is 0 Å². The van der Waals surface area contributed by atoms with E-state index < -0.39 is 6.09 Å². The molecule has 1 amide bonds. The molecular formula is C9H19NO3. The maximum Gasteiger partial charge on any atom is 0.404 e. The summed E-state index contributed by atoms with van der Waals surface area (Å²) in [7, 11) is 0. The summed E-state index contributed by atoms with van der Waals surface area (Å²) < 4.78 is 4.78. The number of nitrogens with two attached hydrogens (primary N) is 1. The van der Waals surface area contributed by atoms with E-state index in [0.29, 0.717) is 5.92 Å². The molecule has 78 valence electrons. The number of ether oxygens (including phenoxy) is 1. The van der Waals surface area contributed by atoms with E-state index in [0.717, 1.165) is 6.42 Å². The Hall–Kier alpha value is -0.770. The number of amides is 1. The molecule has 0 aliphatic carbocycles. The smallest absolute Gasteiger partial charge is 0.404 e. The van der Waals surface area contributed by atoms with Crippen LogP contribution in [0.1, 0.15) is 27.2 Å². The van der Waals surface area contributed by atoms with Crippen LogP contribution in [0.3, 0.4) is 0 Å². The molecule has 0 saturated carbocycles. The molecule has 0 aromatic carbocycles. The highest BCUT2D eigenvalue weighted by atomic mass is 16.6. The zero-order chi connectivity index (χ0) is 10.4. The van der Waals surface area contributed by atoms with Gasteiger partial charge in [-0.25, -0.2) is 4.79 Å². The summed E-state index contributed by atoms with van der Waals surface area (Å²) in [5.41, 5.74) is 4.87. The Bertz CT molecular complexity index is 159. The van der Waals surface area contributed by atoms with Crippen molar-refractivity contribution in [3.8, 4) is 0 Å². The first kappa shape index (κ1) is 12.2. The van der Waals surface area contributed by atoms with E-state index in [4.69, 9.17) is 15.6 Å². The minimum atomic E-state index is -0.783. The number of aliphatic hydroxyl groups is 1. The zero-order valence-electron chi connectivity index (χ0n) is 8.49. The van der Waals surface area contributed by atoms with Crippen molar-refractivity contribution in [1.29, 1.82) is 0 Å². The Kier molecular flexibility index (Phi) is 5.46. The lowest BCUT2D eigenvalue weighted by atomic mass is 9.93. The second kappa shape index (κ2) is 5.80. The summed E-state index contributed by atoms with van der Waals surface area (Å²) in [6.07, 6.45) is -0.273. The molecule has 0 aromatic heterocycles. The monoisotopic (exact) mass is 189 g/mol. The van der Waals surface area contributed by atoms with E-state index in [1.165, 1.54) is 0 Å². The van der Waals surface area contributed by atoms with Gasteiger partial charge >= 0.3 is 6.09 Å². The van der Waals surface area contributed by atoms with Crippen LogP contribution in [0.15, 0.2) is 0 Å². The molecule has 0 fully saturated rings. The molecule has 0 aromatic rings. The summed E-state index contributed by atoms with van der Waals surface area (Å²) >= 11 is 0. The first-order valence-corrected chi connectivity index (χ1v) is 4.54. The van der Waals surface area contributed by atoms with Gasteiger partial charge in [0, 0.05) is 12.5 Å². The highest BCUT2D eigenvalue weighted by Gasteiger charge is 2.20. The molecule has 4 heteroatoms. The van der Waals surface area contributed by atoms with Crippen molar-refractivity contribution in [3.05, 3.63) is 0 Å². The number of aliphatic hydroxyl groups excluding tert-OH is 1. The lowest BCUT2D eigenvalue weighted by Crippen LogP contribution is -2.30. The number of hydrogen-bond donors (Lipinski definition) is 2. The second-order valence-electron chi connectivity index (χ2n) is 3.71. The lowest BCUT2D eigenvalue weighted by molar-refractivity contribution is 0.0460. The molecule has 2 unspecified atom stereocenters. The highest BCUT2D eigenvalue weighted by molar-refractivity contribution is 5.64. The standard InChI is InChI=1S/C9H19NO3/c1-6(2)4-8(5-11)7(3)13-9(10)12/h6-8,11H,4-5H2,1-3H3,(H2,10,12). The van der Waals surface area contributed by atoms with Crippen LogP contribution in [0.5, 0.6) is 0 Å². The third-order valence-corrected chi connectivity index (χ3v) is 1.97. The minimum absolute atomic E-state index is 0.0205. The molecule has 0 heterocycles. The summed E-state index contributed by atoms with van der Waals surface area (Å²) in [5.74, 6) is 0.448. The van der Waals surface area contributed by atoms with Gasteiger partial charge in [-0.2, -0.15) is 0 Å². The average molecular weight is 189 g/mol. The number of rotatable bonds is 5. The Morgan fingerprint density at radius 2 is 2.00 bits per heavy atom. The van der Waals surface area contributed by atoms with Crippen LogP contribution in [0.4, 0.5) is 4.79 Å².